The van der Waals surface area contributed by atoms with Crippen LogP contribution in [0.3, 0.4) is 0 Å². The minimum Gasteiger partial charge on any atom is -0.309 e. The number of rotatable bonds is 4. The molecule has 100 valence electrons. The van der Waals surface area contributed by atoms with Crippen LogP contribution in [-0.2, 0) is 6.42 Å². The number of ketones is 1. The molecular formula is C14H17N3O2. The van der Waals surface area contributed by atoms with Gasteiger partial charge in [0.05, 0.1) is 0 Å². The van der Waals surface area contributed by atoms with Crippen LogP contribution in [0.25, 0.3) is 0 Å². The van der Waals surface area contributed by atoms with Crippen molar-refractivity contribution in [2.45, 2.75) is 27.2 Å². The largest absolute Gasteiger partial charge is 0.323 e. The molecule has 2 aromatic heterocycles. The monoisotopic (exact) mass is 259 g/mol. The highest BCUT2D eigenvalue weighted by atomic mass is 16.1. The fourth-order valence-electron chi connectivity index (χ4n) is 2.00. The predicted octanol–water partition coefficient (Wildman–Crippen LogP) is 1.84. The van der Waals surface area contributed by atoms with E-state index < -0.39 is 0 Å². The second-order valence-electron chi connectivity index (χ2n) is 5.11. The van der Waals surface area contributed by atoms with Crippen molar-refractivity contribution in [2.75, 3.05) is 0 Å². The van der Waals surface area contributed by atoms with Crippen LogP contribution in [0.1, 0.15) is 41.2 Å². The predicted molar refractivity (Wildman–Crippen MR) is 72.4 cm³/mol. The zero-order valence-corrected chi connectivity index (χ0v) is 11.3. The molecule has 0 saturated carbocycles. The second-order valence-corrected chi connectivity index (χ2v) is 5.11. The SMILES string of the molecule is Cc1cncc(C(=O)c2[nH]c(=O)[nH]c2CC(C)C)c1. The maximum atomic E-state index is 12.4. The number of H-pyrrole nitrogens is 2. The van der Waals surface area contributed by atoms with Gasteiger partial charge in [-0.25, -0.2) is 4.79 Å². The number of carbonyl (C=O) groups excluding carboxylic acids is 1. The lowest BCUT2D eigenvalue weighted by atomic mass is 10.0. The van der Waals surface area contributed by atoms with E-state index in [4.69, 9.17) is 0 Å². The number of aromatic amines is 2. The molecule has 0 fully saturated rings. The summed E-state index contributed by atoms with van der Waals surface area (Å²) in [6, 6.07) is 1.76. The van der Waals surface area contributed by atoms with Crippen LogP contribution >= 0.6 is 0 Å². The number of aromatic nitrogens is 3. The molecule has 0 aliphatic rings. The molecule has 2 rings (SSSR count). The van der Waals surface area contributed by atoms with E-state index >= 15 is 0 Å². The third-order valence-corrected chi connectivity index (χ3v) is 2.78. The molecule has 5 nitrogen and oxygen atoms in total. The second kappa shape index (κ2) is 5.22. The van der Waals surface area contributed by atoms with Crippen molar-refractivity contribution in [3.8, 4) is 0 Å². The highest BCUT2D eigenvalue weighted by Crippen LogP contribution is 2.13. The zero-order chi connectivity index (χ0) is 14.0. The van der Waals surface area contributed by atoms with E-state index in [0.29, 0.717) is 29.3 Å². The number of nitrogens with one attached hydrogen (secondary N) is 2. The topological polar surface area (TPSA) is 78.6 Å². The standard InChI is InChI=1S/C14H17N3O2/c1-8(2)4-11-12(17-14(19)16-11)13(18)10-5-9(3)6-15-7-10/h5-8H,4H2,1-3H3,(H2,16,17,19). The summed E-state index contributed by atoms with van der Waals surface area (Å²) in [5.74, 6) is 0.152. The number of hydrogen-bond acceptors (Lipinski definition) is 3. The average Bonchev–Trinajstić information content (AvgIpc) is 2.68. The lowest BCUT2D eigenvalue weighted by molar-refractivity contribution is 0.103. The van der Waals surface area contributed by atoms with Gasteiger partial charge in [-0.1, -0.05) is 13.8 Å². The van der Waals surface area contributed by atoms with Gasteiger partial charge >= 0.3 is 5.69 Å². The van der Waals surface area contributed by atoms with Gasteiger partial charge in [0.15, 0.2) is 0 Å². The van der Waals surface area contributed by atoms with Gasteiger partial charge in [-0.05, 0) is 30.9 Å². The van der Waals surface area contributed by atoms with Gasteiger partial charge in [0.2, 0.25) is 5.78 Å². The third-order valence-electron chi connectivity index (χ3n) is 2.78. The Kier molecular flexibility index (Phi) is 3.64. The molecule has 0 bridgehead atoms. The summed E-state index contributed by atoms with van der Waals surface area (Å²) in [4.78, 5) is 33.1. The Labute approximate surface area is 111 Å². The molecule has 0 aliphatic carbocycles. The molecule has 2 heterocycles. The summed E-state index contributed by atoms with van der Waals surface area (Å²) >= 11 is 0. The van der Waals surface area contributed by atoms with E-state index in [2.05, 4.69) is 15.0 Å². The maximum Gasteiger partial charge on any atom is 0.323 e. The number of nitrogens with zero attached hydrogens (tertiary/aromatic N) is 1. The first-order valence-electron chi connectivity index (χ1n) is 6.25. The number of imidazole rings is 1. The van der Waals surface area contributed by atoms with Crippen molar-refractivity contribution in [1.82, 2.24) is 15.0 Å². The fraction of sp³-hybridized carbons (Fsp3) is 0.357. The van der Waals surface area contributed by atoms with Gasteiger partial charge in [0.1, 0.15) is 5.69 Å². The minimum absolute atomic E-state index is 0.204. The van der Waals surface area contributed by atoms with Crippen LogP contribution in [0, 0.1) is 12.8 Å². The highest BCUT2D eigenvalue weighted by Gasteiger charge is 2.18. The van der Waals surface area contributed by atoms with Crippen molar-refractivity contribution in [2.24, 2.45) is 5.92 Å². The quantitative estimate of drug-likeness (QED) is 0.822. The summed E-state index contributed by atoms with van der Waals surface area (Å²) in [5.41, 5.74) is 2.05. The molecule has 0 aliphatic heterocycles. The van der Waals surface area contributed by atoms with Gasteiger partial charge < -0.3 is 9.97 Å². The van der Waals surface area contributed by atoms with Crippen LogP contribution in [0.2, 0.25) is 0 Å². The molecule has 0 aromatic carbocycles. The molecule has 0 radical (unpaired) electrons. The molecule has 0 saturated heterocycles. The van der Waals surface area contributed by atoms with E-state index in [9.17, 15) is 9.59 Å². The minimum atomic E-state index is -0.348. The Morgan fingerprint density at radius 1 is 1.32 bits per heavy atom. The van der Waals surface area contributed by atoms with E-state index in [1.165, 1.54) is 6.20 Å². The van der Waals surface area contributed by atoms with Crippen molar-refractivity contribution >= 4 is 5.78 Å². The van der Waals surface area contributed by atoms with Crippen molar-refractivity contribution in [3.63, 3.8) is 0 Å². The summed E-state index contributed by atoms with van der Waals surface area (Å²) < 4.78 is 0. The van der Waals surface area contributed by atoms with Crippen LogP contribution in [-0.4, -0.2) is 20.7 Å². The van der Waals surface area contributed by atoms with Gasteiger partial charge in [-0.15, -0.1) is 0 Å². The number of pyridine rings is 1. The summed E-state index contributed by atoms with van der Waals surface area (Å²) in [5, 5.41) is 0. The summed E-state index contributed by atoms with van der Waals surface area (Å²) in [7, 11) is 0. The first kappa shape index (κ1) is 13.3. The highest BCUT2D eigenvalue weighted by molar-refractivity contribution is 6.08. The lowest BCUT2D eigenvalue weighted by Gasteiger charge is -2.05. The number of hydrogen-bond donors (Lipinski definition) is 2. The Balaban J connectivity index is 2.41. The van der Waals surface area contributed by atoms with E-state index in [1.807, 2.05) is 20.8 Å². The molecule has 0 spiro atoms. The Bertz CT molecular complexity index is 653. The van der Waals surface area contributed by atoms with E-state index in [0.717, 1.165) is 5.56 Å². The van der Waals surface area contributed by atoms with Crippen LogP contribution in [0.5, 0.6) is 0 Å². The number of carbonyl (C=O) groups is 1. The maximum absolute atomic E-state index is 12.4. The number of aryl methyl sites for hydroxylation is 1. The molecule has 2 aromatic rings. The Morgan fingerprint density at radius 3 is 2.68 bits per heavy atom. The molecule has 0 atom stereocenters. The van der Waals surface area contributed by atoms with Crippen molar-refractivity contribution in [3.05, 3.63) is 51.5 Å². The fourth-order valence-corrected chi connectivity index (χ4v) is 2.00. The zero-order valence-electron chi connectivity index (χ0n) is 11.3. The van der Waals surface area contributed by atoms with Crippen LogP contribution in [0.4, 0.5) is 0 Å². The molecular weight excluding hydrogens is 242 g/mol. The molecule has 5 heteroatoms. The molecule has 0 unspecified atom stereocenters. The van der Waals surface area contributed by atoms with Crippen molar-refractivity contribution in [1.29, 1.82) is 0 Å². The van der Waals surface area contributed by atoms with E-state index in [-0.39, 0.29) is 11.5 Å². The summed E-state index contributed by atoms with van der Waals surface area (Å²) in [6.07, 6.45) is 3.85. The Hall–Kier alpha value is -2.17. The Morgan fingerprint density at radius 2 is 2.05 bits per heavy atom. The van der Waals surface area contributed by atoms with E-state index in [1.54, 1.807) is 12.3 Å². The molecule has 2 N–H and O–H groups in total. The van der Waals surface area contributed by atoms with Gasteiger partial charge in [0.25, 0.3) is 0 Å². The lowest BCUT2D eigenvalue weighted by Crippen LogP contribution is -2.08. The van der Waals surface area contributed by atoms with Crippen LogP contribution in [0.15, 0.2) is 23.3 Å². The molecule has 0 amide bonds. The van der Waals surface area contributed by atoms with Crippen LogP contribution < -0.4 is 5.69 Å². The first-order chi connectivity index (χ1) is 8.97. The normalized spacial score (nSPS) is 10.9. The average molecular weight is 259 g/mol. The van der Waals surface area contributed by atoms with Gasteiger partial charge in [0, 0.05) is 23.7 Å². The third kappa shape index (κ3) is 2.99. The van der Waals surface area contributed by atoms with Gasteiger partial charge in [-0.2, -0.15) is 0 Å². The van der Waals surface area contributed by atoms with Crippen molar-refractivity contribution < 1.29 is 4.79 Å². The first-order valence-corrected chi connectivity index (χ1v) is 6.25. The van der Waals surface area contributed by atoms with Gasteiger partial charge in [-0.3, -0.25) is 9.78 Å². The smallest absolute Gasteiger partial charge is 0.309 e. The molecule has 19 heavy (non-hydrogen) atoms. The summed E-state index contributed by atoms with van der Waals surface area (Å²) in [6.45, 7) is 5.94.